The van der Waals surface area contributed by atoms with Crippen molar-refractivity contribution < 1.29 is 0 Å². The Labute approximate surface area is 173 Å². The molecule has 142 valence electrons. The van der Waals surface area contributed by atoms with E-state index in [1.54, 1.807) is 0 Å². The van der Waals surface area contributed by atoms with E-state index in [-0.39, 0.29) is 5.41 Å². The first-order chi connectivity index (χ1) is 14.1. The average Bonchev–Trinajstić information content (AvgIpc) is 3.01. The smallest absolute Gasteiger partial charge is 0.0414 e. The summed E-state index contributed by atoms with van der Waals surface area (Å²) < 4.78 is 0. The predicted octanol–water partition coefficient (Wildman–Crippen LogP) is 7.43. The Balaban J connectivity index is 1.50. The van der Waals surface area contributed by atoms with Crippen molar-refractivity contribution in [3.63, 3.8) is 0 Å². The number of hydrogen-bond donors (Lipinski definition) is 0. The third-order valence-electron chi connectivity index (χ3n) is 6.32. The molecular weight excluding hydrogens is 350 g/mol. The molecule has 4 aromatic rings. The molecule has 0 saturated heterocycles. The first-order valence-corrected chi connectivity index (χ1v) is 10.2. The van der Waals surface area contributed by atoms with E-state index in [1.165, 1.54) is 44.8 Å². The molecule has 0 aromatic heterocycles. The summed E-state index contributed by atoms with van der Waals surface area (Å²) in [5.41, 5.74) is 10.5. The van der Waals surface area contributed by atoms with Crippen molar-refractivity contribution in [3.05, 3.63) is 108 Å². The van der Waals surface area contributed by atoms with E-state index in [2.05, 4.69) is 123 Å². The third-order valence-corrected chi connectivity index (χ3v) is 6.32. The lowest BCUT2D eigenvalue weighted by atomic mass is 9.82. The third kappa shape index (κ3) is 2.86. The Morgan fingerprint density at radius 2 is 1.14 bits per heavy atom. The number of hydrogen-bond acceptors (Lipinski definition) is 1. The molecule has 0 aliphatic heterocycles. The SMILES string of the molecule is CN(c1ccc(-c2ccccc2)cc1)c1ccc2c(c1)-c1ccccc1C2(C)C. The van der Waals surface area contributed by atoms with Crippen molar-refractivity contribution >= 4 is 11.4 Å². The zero-order valence-electron chi connectivity index (χ0n) is 17.2. The van der Waals surface area contributed by atoms with Gasteiger partial charge in [0.2, 0.25) is 0 Å². The van der Waals surface area contributed by atoms with Crippen molar-refractivity contribution in [1.29, 1.82) is 0 Å². The van der Waals surface area contributed by atoms with Gasteiger partial charge in [-0.05, 0) is 57.6 Å². The lowest BCUT2D eigenvalue weighted by molar-refractivity contribution is 0.660. The van der Waals surface area contributed by atoms with Gasteiger partial charge in [-0.25, -0.2) is 0 Å². The summed E-state index contributed by atoms with van der Waals surface area (Å²) in [6.07, 6.45) is 0. The zero-order chi connectivity index (χ0) is 20.0. The minimum Gasteiger partial charge on any atom is -0.345 e. The topological polar surface area (TPSA) is 3.24 Å². The van der Waals surface area contributed by atoms with Gasteiger partial charge in [-0.1, -0.05) is 86.6 Å². The Hall–Kier alpha value is -3.32. The molecule has 0 saturated carbocycles. The summed E-state index contributed by atoms with van der Waals surface area (Å²) in [5, 5.41) is 0. The largest absolute Gasteiger partial charge is 0.345 e. The standard InChI is InChI=1S/C28H25N/c1-28(2)26-12-8-7-11-24(26)25-19-23(17-18-27(25)28)29(3)22-15-13-21(14-16-22)20-9-5-4-6-10-20/h4-19H,1-3H3. The summed E-state index contributed by atoms with van der Waals surface area (Å²) in [6.45, 7) is 4.65. The molecule has 0 spiro atoms. The van der Waals surface area contributed by atoms with Crippen molar-refractivity contribution in [3.8, 4) is 22.3 Å². The molecule has 0 atom stereocenters. The van der Waals surface area contributed by atoms with Crippen LogP contribution in [0.25, 0.3) is 22.3 Å². The highest BCUT2D eigenvalue weighted by Crippen LogP contribution is 2.49. The lowest BCUT2D eigenvalue weighted by Gasteiger charge is -2.23. The molecule has 29 heavy (non-hydrogen) atoms. The van der Waals surface area contributed by atoms with Crippen LogP contribution in [0.15, 0.2) is 97.1 Å². The second-order valence-corrected chi connectivity index (χ2v) is 8.37. The molecule has 1 aliphatic carbocycles. The molecule has 0 heterocycles. The van der Waals surface area contributed by atoms with Crippen LogP contribution in [0.3, 0.4) is 0 Å². The number of benzene rings is 4. The summed E-state index contributed by atoms with van der Waals surface area (Å²) in [7, 11) is 2.14. The molecule has 0 unspecified atom stereocenters. The van der Waals surface area contributed by atoms with E-state index in [1.807, 2.05) is 0 Å². The van der Waals surface area contributed by atoms with Crippen LogP contribution in [0.2, 0.25) is 0 Å². The Morgan fingerprint density at radius 3 is 1.90 bits per heavy atom. The van der Waals surface area contributed by atoms with Crippen LogP contribution in [-0.2, 0) is 5.41 Å². The van der Waals surface area contributed by atoms with Crippen LogP contribution in [-0.4, -0.2) is 7.05 Å². The maximum Gasteiger partial charge on any atom is 0.0414 e. The van der Waals surface area contributed by atoms with E-state index in [4.69, 9.17) is 0 Å². The zero-order valence-corrected chi connectivity index (χ0v) is 17.2. The maximum atomic E-state index is 2.34. The van der Waals surface area contributed by atoms with Crippen molar-refractivity contribution in [1.82, 2.24) is 0 Å². The van der Waals surface area contributed by atoms with Gasteiger partial charge in [-0.2, -0.15) is 0 Å². The van der Waals surface area contributed by atoms with Crippen molar-refractivity contribution in [2.75, 3.05) is 11.9 Å². The highest BCUT2D eigenvalue weighted by atomic mass is 15.1. The van der Waals surface area contributed by atoms with Crippen LogP contribution < -0.4 is 4.90 Å². The fourth-order valence-corrected chi connectivity index (χ4v) is 4.57. The Kier molecular flexibility index (Phi) is 4.06. The maximum absolute atomic E-state index is 2.34. The second kappa shape index (κ2) is 6.63. The minimum absolute atomic E-state index is 0.0559. The van der Waals surface area contributed by atoms with Gasteiger partial charge >= 0.3 is 0 Å². The fraction of sp³-hybridized carbons (Fsp3) is 0.143. The molecular formula is C28H25N. The van der Waals surface area contributed by atoms with E-state index in [9.17, 15) is 0 Å². The van der Waals surface area contributed by atoms with Crippen LogP contribution in [0.4, 0.5) is 11.4 Å². The number of nitrogens with zero attached hydrogens (tertiary/aromatic N) is 1. The number of rotatable bonds is 3. The molecule has 1 heteroatoms. The highest BCUT2D eigenvalue weighted by Gasteiger charge is 2.35. The molecule has 0 fully saturated rings. The second-order valence-electron chi connectivity index (χ2n) is 8.37. The van der Waals surface area contributed by atoms with Crippen LogP contribution in [0.5, 0.6) is 0 Å². The normalized spacial score (nSPS) is 13.6. The molecule has 0 amide bonds. The predicted molar refractivity (Wildman–Crippen MR) is 124 cm³/mol. The Morgan fingerprint density at radius 1 is 0.552 bits per heavy atom. The fourth-order valence-electron chi connectivity index (χ4n) is 4.57. The summed E-state index contributed by atoms with van der Waals surface area (Å²) >= 11 is 0. The summed E-state index contributed by atoms with van der Waals surface area (Å²) in [6, 6.07) is 35.0. The van der Waals surface area contributed by atoms with Gasteiger partial charge in [-0.15, -0.1) is 0 Å². The molecule has 1 aliphatic rings. The first-order valence-electron chi connectivity index (χ1n) is 10.2. The van der Waals surface area contributed by atoms with Crippen LogP contribution >= 0.6 is 0 Å². The molecule has 0 N–H and O–H groups in total. The quantitative estimate of drug-likeness (QED) is 0.360. The van der Waals surface area contributed by atoms with Gasteiger partial charge in [0, 0.05) is 23.8 Å². The minimum atomic E-state index is 0.0559. The average molecular weight is 376 g/mol. The van der Waals surface area contributed by atoms with Gasteiger partial charge < -0.3 is 4.90 Å². The van der Waals surface area contributed by atoms with E-state index < -0.39 is 0 Å². The van der Waals surface area contributed by atoms with Gasteiger partial charge in [-0.3, -0.25) is 0 Å². The van der Waals surface area contributed by atoms with E-state index in [0.717, 1.165) is 0 Å². The van der Waals surface area contributed by atoms with Crippen molar-refractivity contribution in [2.24, 2.45) is 0 Å². The van der Waals surface area contributed by atoms with E-state index in [0.29, 0.717) is 0 Å². The molecule has 1 nitrogen and oxygen atoms in total. The summed E-state index contributed by atoms with van der Waals surface area (Å²) in [4.78, 5) is 2.27. The highest BCUT2D eigenvalue weighted by molar-refractivity contribution is 5.84. The number of anilines is 2. The van der Waals surface area contributed by atoms with Crippen LogP contribution in [0.1, 0.15) is 25.0 Å². The van der Waals surface area contributed by atoms with Gasteiger partial charge in [0.15, 0.2) is 0 Å². The first kappa shape index (κ1) is 17.8. The molecule has 0 bridgehead atoms. The molecule has 5 rings (SSSR count). The monoisotopic (exact) mass is 375 g/mol. The molecule has 4 aromatic carbocycles. The Bertz CT molecular complexity index is 1170. The van der Waals surface area contributed by atoms with Crippen LogP contribution in [0, 0.1) is 0 Å². The number of fused-ring (bicyclic) bond motifs is 3. The summed E-state index contributed by atoms with van der Waals surface area (Å²) in [5.74, 6) is 0. The van der Waals surface area contributed by atoms with Gasteiger partial charge in [0.25, 0.3) is 0 Å². The molecule has 0 radical (unpaired) electrons. The van der Waals surface area contributed by atoms with Gasteiger partial charge in [0.1, 0.15) is 0 Å². The van der Waals surface area contributed by atoms with Crippen molar-refractivity contribution in [2.45, 2.75) is 19.3 Å². The van der Waals surface area contributed by atoms with Gasteiger partial charge in [0.05, 0.1) is 0 Å². The van der Waals surface area contributed by atoms with E-state index >= 15 is 0 Å². The lowest BCUT2D eigenvalue weighted by Crippen LogP contribution is -2.15.